The van der Waals surface area contributed by atoms with Gasteiger partial charge in [-0.1, -0.05) is 19.1 Å². The molecular formula is C21H22N2O2S2. The van der Waals surface area contributed by atoms with Gasteiger partial charge in [0.25, 0.3) is 5.56 Å². The van der Waals surface area contributed by atoms with Crippen molar-refractivity contribution in [2.24, 2.45) is 0 Å². The molecule has 0 saturated carbocycles. The van der Waals surface area contributed by atoms with E-state index in [1.54, 1.807) is 23.1 Å². The Morgan fingerprint density at radius 3 is 2.89 bits per heavy atom. The lowest BCUT2D eigenvalue weighted by Gasteiger charge is -2.06. The molecule has 0 amide bonds. The lowest BCUT2D eigenvalue weighted by atomic mass is 10.2. The Morgan fingerprint density at radius 2 is 2.15 bits per heavy atom. The van der Waals surface area contributed by atoms with E-state index in [9.17, 15) is 4.79 Å². The molecule has 4 rings (SSSR count). The van der Waals surface area contributed by atoms with Crippen LogP contribution in [0, 0.1) is 0 Å². The predicted molar refractivity (Wildman–Crippen MR) is 116 cm³/mol. The van der Waals surface area contributed by atoms with E-state index in [0.717, 1.165) is 58.7 Å². The molecule has 3 aromatic rings. The van der Waals surface area contributed by atoms with Gasteiger partial charge in [0, 0.05) is 4.88 Å². The van der Waals surface area contributed by atoms with Crippen LogP contribution < -0.4 is 10.3 Å². The minimum Gasteiger partial charge on any atom is -0.494 e. The highest BCUT2D eigenvalue weighted by molar-refractivity contribution is 8.07. The van der Waals surface area contributed by atoms with E-state index in [4.69, 9.17) is 9.72 Å². The van der Waals surface area contributed by atoms with Crippen LogP contribution in [0.25, 0.3) is 21.2 Å². The van der Waals surface area contributed by atoms with Gasteiger partial charge in [-0.05, 0) is 61.3 Å². The third-order valence-electron chi connectivity index (χ3n) is 4.68. The number of aromatic nitrogens is 2. The van der Waals surface area contributed by atoms with E-state index in [0.29, 0.717) is 5.82 Å². The summed E-state index contributed by atoms with van der Waals surface area (Å²) in [4.78, 5) is 23.6. The normalized spacial score (nSPS) is 13.9. The lowest BCUT2D eigenvalue weighted by Crippen LogP contribution is -2.11. The van der Waals surface area contributed by atoms with E-state index < -0.39 is 0 Å². The number of nitrogens with one attached hydrogen (secondary N) is 1. The van der Waals surface area contributed by atoms with E-state index in [2.05, 4.69) is 18.0 Å². The molecule has 0 radical (unpaired) electrons. The molecule has 0 atom stereocenters. The molecule has 140 valence electrons. The molecular weight excluding hydrogens is 376 g/mol. The Labute approximate surface area is 166 Å². The van der Waals surface area contributed by atoms with Gasteiger partial charge in [-0.15, -0.1) is 23.1 Å². The summed E-state index contributed by atoms with van der Waals surface area (Å²) in [7, 11) is 0. The highest BCUT2D eigenvalue weighted by Gasteiger charge is 2.21. The predicted octanol–water partition coefficient (Wildman–Crippen LogP) is 5.12. The Bertz CT molecular complexity index is 1050. The first-order valence-corrected chi connectivity index (χ1v) is 11.3. The molecule has 2 heterocycles. The average molecular weight is 399 g/mol. The zero-order valence-electron chi connectivity index (χ0n) is 15.5. The third-order valence-corrected chi connectivity index (χ3v) is 6.62. The van der Waals surface area contributed by atoms with Crippen LogP contribution in [0.3, 0.4) is 0 Å². The van der Waals surface area contributed by atoms with Crippen LogP contribution >= 0.6 is 23.1 Å². The molecule has 4 nitrogen and oxygen atoms in total. The quantitative estimate of drug-likeness (QED) is 0.626. The summed E-state index contributed by atoms with van der Waals surface area (Å²) in [5, 5.41) is 0.800. The molecule has 1 aliphatic carbocycles. The average Bonchev–Trinajstić information content (AvgIpc) is 3.26. The largest absolute Gasteiger partial charge is 0.494 e. The molecule has 27 heavy (non-hydrogen) atoms. The molecule has 0 aliphatic heterocycles. The minimum absolute atomic E-state index is 0.0161. The van der Waals surface area contributed by atoms with Gasteiger partial charge in [0.2, 0.25) is 0 Å². The molecule has 1 aromatic carbocycles. The van der Waals surface area contributed by atoms with Gasteiger partial charge in [-0.3, -0.25) is 4.79 Å². The van der Waals surface area contributed by atoms with Crippen molar-refractivity contribution >= 4 is 44.3 Å². The number of fused-ring (bicyclic) bond motifs is 3. The monoisotopic (exact) mass is 398 g/mol. The van der Waals surface area contributed by atoms with Gasteiger partial charge in [0.15, 0.2) is 0 Å². The second-order valence-corrected chi connectivity index (χ2v) is 8.51. The van der Waals surface area contributed by atoms with Crippen LogP contribution in [0.5, 0.6) is 5.75 Å². The van der Waals surface area contributed by atoms with Crippen molar-refractivity contribution in [2.45, 2.75) is 32.6 Å². The maximum absolute atomic E-state index is 12.7. The number of aromatic amines is 1. The van der Waals surface area contributed by atoms with Gasteiger partial charge >= 0.3 is 0 Å². The number of aryl methyl sites for hydroxylation is 2. The van der Waals surface area contributed by atoms with Gasteiger partial charge in [-0.2, -0.15) is 0 Å². The Hall–Kier alpha value is -2.05. The highest BCUT2D eigenvalue weighted by atomic mass is 32.2. The van der Waals surface area contributed by atoms with Crippen LogP contribution in [-0.4, -0.2) is 22.8 Å². The summed E-state index contributed by atoms with van der Waals surface area (Å²) in [6.45, 7) is 2.82. The van der Waals surface area contributed by atoms with Gasteiger partial charge < -0.3 is 9.72 Å². The lowest BCUT2D eigenvalue weighted by molar-refractivity contribution is 0.317. The fraction of sp³-hybridized carbons (Fsp3) is 0.333. The molecule has 1 aliphatic rings. The topological polar surface area (TPSA) is 55.0 Å². The van der Waals surface area contributed by atoms with Crippen LogP contribution in [0.1, 0.15) is 41.6 Å². The Kier molecular flexibility index (Phi) is 5.36. The SMILES string of the molecule is CCCOc1ccc(/C=C(\SC)c2nc3sc4c(c3c(=O)[nH]2)CCC4)cc1. The molecule has 0 unspecified atom stereocenters. The van der Waals surface area contributed by atoms with E-state index in [1.807, 2.05) is 30.5 Å². The van der Waals surface area contributed by atoms with Gasteiger partial charge in [-0.25, -0.2) is 4.98 Å². The molecule has 0 spiro atoms. The standard InChI is InChI=1S/C21H22N2O2S2/c1-3-11-25-14-9-7-13(8-10-14)12-17(26-2)19-22-20(24)18-15-5-4-6-16(15)27-21(18)23-19/h7-10,12H,3-6,11H2,1-2H3,(H,22,23,24)/b17-12-. The van der Waals surface area contributed by atoms with Crippen molar-refractivity contribution < 1.29 is 4.74 Å². The molecule has 1 N–H and O–H groups in total. The first-order valence-electron chi connectivity index (χ1n) is 9.23. The Balaban J connectivity index is 1.68. The molecule has 0 bridgehead atoms. The number of thioether (sulfide) groups is 1. The van der Waals surface area contributed by atoms with Gasteiger partial charge in [0.05, 0.1) is 16.9 Å². The summed E-state index contributed by atoms with van der Waals surface area (Å²) in [5.74, 6) is 1.52. The van der Waals surface area contributed by atoms with Crippen molar-refractivity contribution in [3.05, 3.63) is 56.4 Å². The van der Waals surface area contributed by atoms with Crippen molar-refractivity contribution in [1.29, 1.82) is 0 Å². The van der Waals surface area contributed by atoms with Gasteiger partial charge in [0.1, 0.15) is 16.4 Å². The first kappa shape index (κ1) is 18.3. The highest BCUT2D eigenvalue weighted by Crippen LogP contribution is 2.35. The second-order valence-electron chi connectivity index (χ2n) is 6.58. The number of hydrogen-bond donors (Lipinski definition) is 1. The zero-order valence-corrected chi connectivity index (χ0v) is 17.1. The summed E-state index contributed by atoms with van der Waals surface area (Å²) < 4.78 is 5.64. The van der Waals surface area contributed by atoms with Crippen LogP contribution in [-0.2, 0) is 12.8 Å². The Morgan fingerprint density at radius 1 is 1.33 bits per heavy atom. The minimum atomic E-state index is -0.0161. The van der Waals surface area contributed by atoms with Crippen LogP contribution in [0.4, 0.5) is 0 Å². The number of nitrogens with zero attached hydrogens (tertiary/aromatic N) is 1. The number of ether oxygens (including phenoxy) is 1. The number of H-pyrrole nitrogens is 1. The van der Waals surface area contributed by atoms with Crippen molar-refractivity contribution in [3.8, 4) is 5.75 Å². The van der Waals surface area contributed by atoms with Crippen molar-refractivity contribution in [3.63, 3.8) is 0 Å². The second kappa shape index (κ2) is 7.90. The summed E-state index contributed by atoms with van der Waals surface area (Å²) in [6, 6.07) is 8.00. The van der Waals surface area contributed by atoms with Crippen molar-refractivity contribution in [1.82, 2.24) is 9.97 Å². The number of thiophene rings is 1. The molecule has 0 saturated heterocycles. The fourth-order valence-electron chi connectivity index (χ4n) is 3.37. The molecule has 0 fully saturated rings. The van der Waals surface area contributed by atoms with E-state index in [-0.39, 0.29) is 5.56 Å². The maximum Gasteiger partial charge on any atom is 0.260 e. The smallest absolute Gasteiger partial charge is 0.260 e. The summed E-state index contributed by atoms with van der Waals surface area (Å²) in [6.07, 6.45) is 8.26. The number of benzene rings is 1. The molecule has 2 aromatic heterocycles. The number of rotatable bonds is 6. The molecule has 6 heteroatoms. The van der Waals surface area contributed by atoms with E-state index in [1.165, 1.54) is 10.4 Å². The van der Waals surface area contributed by atoms with Crippen LogP contribution in [0.2, 0.25) is 0 Å². The third kappa shape index (κ3) is 3.69. The number of hydrogen-bond acceptors (Lipinski definition) is 5. The van der Waals surface area contributed by atoms with Crippen molar-refractivity contribution in [2.75, 3.05) is 12.9 Å². The maximum atomic E-state index is 12.7. The zero-order chi connectivity index (χ0) is 18.8. The summed E-state index contributed by atoms with van der Waals surface area (Å²) >= 11 is 3.26. The van der Waals surface area contributed by atoms with Crippen LogP contribution in [0.15, 0.2) is 29.1 Å². The van der Waals surface area contributed by atoms with E-state index >= 15 is 0 Å². The summed E-state index contributed by atoms with van der Waals surface area (Å²) in [5.41, 5.74) is 2.25. The first-order chi connectivity index (χ1) is 13.2. The fourth-order valence-corrected chi connectivity index (χ4v) is 5.18.